The van der Waals surface area contributed by atoms with Gasteiger partial charge in [0.15, 0.2) is 0 Å². The highest BCUT2D eigenvalue weighted by molar-refractivity contribution is 5.87. The molecule has 1 N–H and O–H groups in total. The van der Waals surface area contributed by atoms with Crippen LogP contribution in [0.4, 0.5) is 0 Å². The van der Waals surface area contributed by atoms with Crippen molar-refractivity contribution in [3.8, 4) is 0 Å². The maximum atomic E-state index is 12.7. The molecule has 2 aliphatic heterocycles. The number of carbonyl (C=O) groups excluding carboxylic acids is 2. The lowest BCUT2D eigenvalue weighted by atomic mass is 10.00. The fourth-order valence-electron chi connectivity index (χ4n) is 4.41. The largest absolute Gasteiger partial charge is 0.378 e. The van der Waals surface area contributed by atoms with Crippen LogP contribution in [0.5, 0.6) is 0 Å². The van der Waals surface area contributed by atoms with Gasteiger partial charge in [-0.2, -0.15) is 0 Å². The molecule has 4 rings (SSSR count). The monoisotopic (exact) mass is 424 g/mol. The van der Waals surface area contributed by atoms with E-state index in [-0.39, 0.29) is 17.9 Å². The number of rotatable bonds is 6. The van der Waals surface area contributed by atoms with E-state index in [2.05, 4.69) is 39.4 Å². The van der Waals surface area contributed by atoms with Crippen LogP contribution in [0.2, 0.25) is 0 Å². The van der Waals surface area contributed by atoms with Gasteiger partial charge in [0.25, 0.3) is 0 Å². The Balaban J connectivity index is 1.23. The van der Waals surface area contributed by atoms with Crippen molar-refractivity contribution >= 4 is 22.6 Å². The van der Waals surface area contributed by atoms with E-state index in [0.717, 1.165) is 31.7 Å². The first-order valence-electron chi connectivity index (χ1n) is 11.2. The second-order valence-corrected chi connectivity index (χ2v) is 8.40. The van der Waals surface area contributed by atoms with Crippen LogP contribution in [0.1, 0.15) is 18.5 Å². The number of fused-ring (bicyclic) bond motifs is 1. The summed E-state index contributed by atoms with van der Waals surface area (Å²) in [5.41, 5.74) is 1.14. The van der Waals surface area contributed by atoms with Crippen LogP contribution < -0.4 is 5.32 Å². The maximum Gasteiger partial charge on any atom is 0.236 e. The maximum absolute atomic E-state index is 12.7. The molecule has 7 heteroatoms. The van der Waals surface area contributed by atoms with Gasteiger partial charge in [-0.15, -0.1) is 0 Å². The van der Waals surface area contributed by atoms with Crippen molar-refractivity contribution in [3.63, 3.8) is 0 Å². The molecule has 2 fully saturated rings. The Morgan fingerprint density at radius 1 is 0.903 bits per heavy atom. The third kappa shape index (κ3) is 5.61. The van der Waals surface area contributed by atoms with Crippen molar-refractivity contribution < 1.29 is 14.3 Å². The van der Waals surface area contributed by atoms with E-state index in [0.29, 0.717) is 39.4 Å². The number of carbonyl (C=O) groups is 2. The average molecular weight is 425 g/mol. The van der Waals surface area contributed by atoms with E-state index in [4.69, 9.17) is 4.74 Å². The molecule has 2 aromatic carbocycles. The lowest BCUT2D eigenvalue weighted by Crippen LogP contribution is -2.53. The highest BCUT2D eigenvalue weighted by Gasteiger charge is 2.24. The number of piperazine rings is 1. The Labute approximate surface area is 183 Å². The van der Waals surface area contributed by atoms with Crippen molar-refractivity contribution in [2.75, 3.05) is 65.6 Å². The third-order valence-electron chi connectivity index (χ3n) is 6.22. The zero-order valence-corrected chi connectivity index (χ0v) is 18.3. The van der Waals surface area contributed by atoms with Gasteiger partial charge >= 0.3 is 0 Å². The number of nitrogens with zero attached hydrogens (tertiary/aromatic N) is 3. The molecule has 166 valence electrons. The summed E-state index contributed by atoms with van der Waals surface area (Å²) in [6.45, 7) is 8.73. The smallest absolute Gasteiger partial charge is 0.236 e. The van der Waals surface area contributed by atoms with Crippen molar-refractivity contribution in [3.05, 3.63) is 48.0 Å². The Hall–Kier alpha value is -2.48. The highest BCUT2D eigenvalue weighted by Crippen LogP contribution is 2.24. The zero-order valence-electron chi connectivity index (χ0n) is 18.3. The predicted molar refractivity (Wildman–Crippen MR) is 121 cm³/mol. The molecule has 0 aromatic heterocycles. The van der Waals surface area contributed by atoms with Crippen LogP contribution in [0.3, 0.4) is 0 Å². The third-order valence-corrected chi connectivity index (χ3v) is 6.22. The molecule has 0 saturated carbocycles. The van der Waals surface area contributed by atoms with E-state index in [1.807, 2.05) is 30.0 Å². The zero-order chi connectivity index (χ0) is 21.6. The second kappa shape index (κ2) is 10.2. The summed E-state index contributed by atoms with van der Waals surface area (Å²) in [5.74, 6) is 0.219. The van der Waals surface area contributed by atoms with Crippen molar-refractivity contribution in [1.82, 2.24) is 20.0 Å². The van der Waals surface area contributed by atoms with Gasteiger partial charge in [-0.1, -0.05) is 42.5 Å². The van der Waals surface area contributed by atoms with E-state index in [1.165, 1.54) is 10.8 Å². The van der Waals surface area contributed by atoms with Gasteiger partial charge in [0.2, 0.25) is 11.8 Å². The van der Waals surface area contributed by atoms with Crippen molar-refractivity contribution in [2.45, 2.75) is 13.0 Å². The van der Waals surface area contributed by atoms with E-state index >= 15 is 0 Å². The molecule has 2 amide bonds. The molecule has 0 aliphatic carbocycles. The minimum Gasteiger partial charge on any atom is -0.378 e. The van der Waals surface area contributed by atoms with Crippen LogP contribution in [0, 0.1) is 0 Å². The minimum absolute atomic E-state index is 0.0401. The fourth-order valence-corrected chi connectivity index (χ4v) is 4.41. The molecule has 0 spiro atoms. The normalized spacial score (nSPS) is 19.3. The van der Waals surface area contributed by atoms with Gasteiger partial charge in [0, 0.05) is 39.3 Å². The van der Waals surface area contributed by atoms with Crippen molar-refractivity contribution in [1.29, 1.82) is 0 Å². The predicted octanol–water partition coefficient (Wildman–Crippen LogP) is 1.49. The first-order valence-corrected chi connectivity index (χ1v) is 11.2. The minimum atomic E-state index is -0.0500. The summed E-state index contributed by atoms with van der Waals surface area (Å²) in [6.07, 6.45) is 0. The van der Waals surface area contributed by atoms with Gasteiger partial charge in [-0.05, 0) is 23.3 Å². The topological polar surface area (TPSA) is 65.1 Å². The number of benzene rings is 2. The van der Waals surface area contributed by atoms with Crippen molar-refractivity contribution in [2.24, 2.45) is 0 Å². The Bertz CT molecular complexity index is 899. The lowest BCUT2D eigenvalue weighted by Gasteiger charge is -2.35. The van der Waals surface area contributed by atoms with Crippen LogP contribution in [0.15, 0.2) is 42.5 Å². The first-order chi connectivity index (χ1) is 15.1. The molecule has 31 heavy (non-hydrogen) atoms. The SMILES string of the molecule is CC(NC(=O)CN1CCN(CC(=O)N2CCOCC2)CC1)c1cccc2ccccc12. The first kappa shape index (κ1) is 21.7. The quantitative estimate of drug-likeness (QED) is 0.761. The van der Waals surface area contributed by atoms with E-state index in [9.17, 15) is 9.59 Å². The summed E-state index contributed by atoms with van der Waals surface area (Å²) in [5, 5.41) is 5.52. The van der Waals surface area contributed by atoms with E-state index in [1.54, 1.807) is 0 Å². The summed E-state index contributed by atoms with van der Waals surface area (Å²) in [7, 11) is 0. The van der Waals surface area contributed by atoms with Gasteiger partial charge < -0.3 is 15.0 Å². The molecule has 2 aromatic rings. The highest BCUT2D eigenvalue weighted by atomic mass is 16.5. The molecule has 2 saturated heterocycles. The molecular weight excluding hydrogens is 392 g/mol. The number of nitrogens with one attached hydrogen (secondary N) is 1. The summed E-state index contributed by atoms with van der Waals surface area (Å²) < 4.78 is 5.32. The number of amides is 2. The Kier molecular flexibility index (Phi) is 7.17. The molecule has 1 unspecified atom stereocenters. The molecule has 7 nitrogen and oxygen atoms in total. The molecule has 2 aliphatic rings. The lowest BCUT2D eigenvalue weighted by molar-refractivity contribution is -0.137. The van der Waals surface area contributed by atoms with Crippen LogP contribution in [-0.4, -0.2) is 92.1 Å². The van der Waals surface area contributed by atoms with Gasteiger partial charge in [-0.25, -0.2) is 0 Å². The van der Waals surface area contributed by atoms with Gasteiger partial charge in [0.1, 0.15) is 0 Å². The average Bonchev–Trinajstić information content (AvgIpc) is 2.80. The molecule has 0 bridgehead atoms. The molecule has 0 radical (unpaired) electrons. The summed E-state index contributed by atoms with van der Waals surface area (Å²) in [6, 6.07) is 14.4. The van der Waals surface area contributed by atoms with Crippen LogP contribution in [-0.2, 0) is 14.3 Å². The van der Waals surface area contributed by atoms with E-state index < -0.39 is 0 Å². The standard InChI is InChI=1S/C24H32N4O3/c1-19(21-8-4-6-20-5-2-3-7-22(20)21)25-23(29)17-26-9-11-27(12-10-26)18-24(30)28-13-15-31-16-14-28/h2-8,19H,9-18H2,1H3,(H,25,29). The number of hydrogen-bond acceptors (Lipinski definition) is 5. The number of morpholine rings is 1. The Morgan fingerprint density at radius 2 is 1.55 bits per heavy atom. The van der Waals surface area contributed by atoms with Crippen LogP contribution >= 0.6 is 0 Å². The second-order valence-electron chi connectivity index (χ2n) is 8.40. The van der Waals surface area contributed by atoms with Gasteiger partial charge in [0.05, 0.1) is 32.3 Å². The molecule has 1 atom stereocenters. The fraction of sp³-hybridized carbons (Fsp3) is 0.500. The Morgan fingerprint density at radius 3 is 2.29 bits per heavy atom. The van der Waals surface area contributed by atoms with Crippen LogP contribution in [0.25, 0.3) is 10.8 Å². The van der Waals surface area contributed by atoms with Gasteiger partial charge in [-0.3, -0.25) is 19.4 Å². The number of hydrogen-bond donors (Lipinski definition) is 1. The summed E-state index contributed by atoms with van der Waals surface area (Å²) >= 11 is 0. The summed E-state index contributed by atoms with van der Waals surface area (Å²) in [4.78, 5) is 31.3. The number of ether oxygens (including phenoxy) is 1. The molecule has 2 heterocycles. The molecular formula is C24H32N4O3.